The summed E-state index contributed by atoms with van der Waals surface area (Å²) in [7, 11) is 0. The summed E-state index contributed by atoms with van der Waals surface area (Å²) in [5.41, 5.74) is 1.37. The normalized spacial score (nSPS) is 21.8. The predicted molar refractivity (Wildman–Crippen MR) is 78.9 cm³/mol. The van der Waals surface area contributed by atoms with Gasteiger partial charge < -0.3 is 10.1 Å². The van der Waals surface area contributed by atoms with Gasteiger partial charge in [-0.1, -0.05) is 35.0 Å². The molecule has 1 aliphatic rings. The third kappa shape index (κ3) is 4.08. The van der Waals surface area contributed by atoms with E-state index in [0.717, 1.165) is 24.0 Å². The summed E-state index contributed by atoms with van der Waals surface area (Å²) in [5, 5.41) is 3.58. The maximum absolute atomic E-state index is 5.92. The van der Waals surface area contributed by atoms with Gasteiger partial charge in [-0.25, -0.2) is 0 Å². The molecule has 2 nitrogen and oxygen atoms in total. The van der Waals surface area contributed by atoms with Crippen molar-refractivity contribution in [2.45, 2.75) is 44.8 Å². The van der Waals surface area contributed by atoms with Crippen molar-refractivity contribution in [3.8, 4) is 0 Å². The van der Waals surface area contributed by atoms with Crippen molar-refractivity contribution in [2.75, 3.05) is 13.2 Å². The van der Waals surface area contributed by atoms with Crippen LogP contribution in [0.5, 0.6) is 0 Å². The van der Waals surface area contributed by atoms with Gasteiger partial charge in [0.15, 0.2) is 0 Å². The molecular formula is C15H22BrNO. The molecule has 0 amide bonds. The van der Waals surface area contributed by atoms with E-state index in [-0.39, 0.29) is 0 Å². The zero-order valence-corrected chi connectivity index (χ0v) is 12.6. The molecule has 100 valence electrons. The Kier molecular flexibility index (Phi) is 5.67. The largest absolute Gasteiger partial charge is 0.377 e. The van der Waals surface area contributed by atoms with E-state index in [4.69, 9.17) is 4.74 Å². The molecule has 1 saturated heterocycles. The molecule has 1 heterocycles. The topological polar surface area (TPSA) is 21.3 Å². The van der Waals surface area contributed by atoms with Crippen LogP contribution in [-0.2, 0) is 11.2 Å². The summed E-state index contributed by atoms with van der Waals surface area (Å²) in [6.07, 6.45) is 5.13. The highest BCUT2D eigenvalue weighted by Gasteiger charge is 2.23. The van der Waals surface area contributed by atoms with Gasteiger partial charge in [0, 0.05) is 17.1 Å². The summed E-state index contributed by atoms with van der Waals surface area (Å²) in [4.78, 5) is 0. The molecule has 3 heteroatoms. The van der Waals surface area contributed by atoms with Gasteiger partial charge in [0.05, 0.1) is 6.10 Å². The zero-order chi connectivity index (χ0) is 12.8. The monoisotopic (exact) mass is 311 g/mol. The summed E-state index contributed by atoms with van der Waals surface area (Å²) in [6.45, 7) is 4.09. The van der Waals surface area contributed by atoms with E-state index in [1.165, 1.54) is 24.8 Å². The molecule has 0 radical (unpaired) electrons. The van der Waals surface area contributed by atoms with Crippen LogP contribution in [0.15, 0.2) is 28.7 Å². The van der Waals surface area contributed by atoms with E-state index in [1.807, 2.05) is 0 Å². The number of hydrogen-bond donors (Lipinski definition) is 1. The minimum atomic E-state index is 0.377. The van der Waals surface area contributed by atoms with E-state index in [0.29, 0.717) is 12.1 Å². The van der Waals surface area contributed by atoms with Crippen molar-refractivity contribution in [3.05, 3.63) is 34.3 Å². The quantitative estimate of drug-likeness (QED) is 0.898. The number of rotatable bonds is 5. The van der Waals surface area contributed by atoms with Crippen LogP contribution >= 0.6 is 15.9 Å². The third-order valence-electron chi connectivity index (χ3n) is 3.50. The number of likely N-dealkylation sites (N-methyl/N-ethyl adjacent to an activating group) is 1. The van der Waals surface area contributed by atoms with Crippen LogP contribution in [0.4, 0.5) is 0 Å². The summed E-state index contributed by atoms with van der Waals surface area (Å²) in [5.74, 6) is 0. The van der Waals surface area contributed by atoms with Gasteiger partial charge >= 0.3 is 0 Å². The molecule has 0 bridgehead atoms. The summed E-state index contributed by atoms with van der Waals surface area (Å²) < 4.78 is 7.06. The zero-order valence-electron chi connectivity index (χ0n) is 11.0. The average Bonchev–Trinajstić information content (AvgIpc) is 2.42. The number of hydrogen-bond acceptors (Lipinski definition) is 2. The molecule has 0 aliphatic carbocycles. The lowest BCUT2D eigenvalue weighted by Gasteiger charge is -2.31. The molecule has 1 aromatic carbocycles. The van der Waals surface area contributed by atoms with Crippen LogP contribution in [0.25, 0.3) is 0 Å². The van der Waals surface area contributed by atoms with Crippen LogP contribution < -0.4 is 5.32 Å². The third-order valence-corrected chi connectivity index (χ3v) is 4.03. The highest BCUT2D eigenvalue weighted by molar-refractivity contribution is 9.10. The van der Waals surface area contributed by atoms with Crippen molar-refractivity contribution < 1.29 is 4.74 Å². The van der Waals surface area contributed by atoms with E-state index in [1.54, 1.807) is 0 Å². The highest BCUT2D eigenvalue weighted by atomic mass is 79.9. The summed E-state index contributed by atoms with van der Waals surface area (Å²) >= 11 is 3.48. The number of nitrogens with one attached hydrogen (secondary N) is 1. The van der Waals surface area contributed by atoms with Crippen molar-refractivity contribution in [1.82, 2.24) is 5.32 Å². The van der Waals surface area contributed by atoms with Crippen molar-refractivity contribution in [1.29, 1.82) is 0 Å². The predicted octanol–water partition coefficient (Wildman–Crippen LogP) is 3.54. The Bertz CT molecular complexity index is 346. The Labute approximate surface area is 118 Å². The maximum atomic E-state index is 5.92. The Morgan fingerprint density at radius 2 is 2.11 bits per heavy atom. The van der Waals surface area contributed by atoms with Crippen LogP contribution in [0.3, 0.4) is 0 Å². The lowest BCUT2D eigenvalue weighted by Crippen LogP contribution is -2.44. The van der Waals surface area contributed by atoms with E-state index >= 15 is 0 Å². The number of ether oxygens (including phenoxy) is 1. The molecule has 2 unspecified atom stereocenters. The van der Waals surface area contributed by atoms with Crippen molar-refractivity contribution >= 4 is 15.9 Å². The van der Waals surface area contributed by atoms with Crippen LogP contribution in [-0.4, -0.2) is 25.3 Å². The van der Waals surface area contributed by atoms with E-state index < -0.39 is 0 Å². The van der Waals surface area contributed by atoms with Crippen LogP contribution in [0.1, 0.15) is 31.7 Å². The fourth-order valence-corrected chi connectivity index (χ4v) is 2.82. The Balaban J connectivity index is 1.98. The second kappa shape index (κ2) is 7.27. The van der Waals surface area contributed by atoms with Gasteiger partial charge in [0.1, 0.15) is 0 Å². The fourth-order valence-electron chi connectivity index (χ4n) is 2.55. The van der Waals surface area contributed by atoms with E-state index in [9.17, 15) is 0 Å². The van der Waals surface area contributed by atoms with E-state index in [2.05, 4.69) is 52.4 Å². The van der Waals surface area contributed by atoms with Crippen LogP contribution in [0.2, 0.25) is 0 Å². The molecule has 1 aromatic rings. The number of benzene rings is 1. The molecule has 1 fully saturated rings. The van der Waals surface area contributed by atoms with Gasteiger partial charge in [-0.05, 0) is 49.9 Å². The SMILES string of the molecule is CCNC(Cc1ccc(Br)cc1)C1CCCCO1. The highest BCUT2D eigenvalue weighted by Crippen LogP contribution is 2.19. The van der Waals surface area contributed by atoms with Crippen molar-refractivity contribution in [2.24, 2.45) is 0 Å². The molecule has 0 aromatic heterocycles. The first-order chi connectivity index (χ1) is 8.79. The minimum Gasteiger partial charge on any atom is -0.377 e. The standard InChI is InChI=1S/C15H22BrNO/c1-2-17-14(15-5-3-4-10-18-15)11-12-6-8-13(16)9-7-12/h6-9,14-15,17H,2-5,10-11H2,1H3. The van der Waals surface area contributed by atoms with Gasteiger partial charge in [-0.15, -0.1) is 0 Å². The molecule has 18 heavy (non-hydrogen) atoms. The summed E-state index contributed by atoms with van der Waals surface area (Å²) in [6, 6.07) is 9.05. The first kappa shape index (κ1) is 14.0. The van der Waals surface area contributed by atoms with Gasteiger partial charge in [-0.2, -0.15) is 0 Å². The molecule has 2 rings (SSSR count). The molecule has 1 aliphatic heterocycles. The van der Waals surface area contributed by atoms with Gasteiger partial charge in [0.25, 0.3) is 0 Å². The maximum Gasteiger partial charge on any atom is 0.0731 e. The Hall–Kier alpha value is -0.380. The van der Waals surface area contributed by atoms with Gasteiger partial charge in [-0.3, -0.25) is 0 Å². The molecule has 1 N–H and O–H groups in total. The second-order valence-corrected chi connectivity index (χ2v) is 5.82. The second-order valence-electron chi connectivity index (χ2n) is 4.90. The first-order valence-electron chi connectivity index (χ1n) is 6.89. The first-order valence-corrected chi connectivity index (χ1v) is 7.68. The molecule has 0 saturated carbocycles. The number of halogens is 1. The molecule has 2 atom stereocenters. The molecule has 0 spiro atoms. The van der Waals surface area contributed by atoms with Crippen molar-refractivity contribution in [3.63, 3.8) is 0 Å². The minimum absolute atomic E-state index is 0.377. The lowest BCUT2D eigenvalue weighted by molar-refractivity contribution is -0.00709. The van der Waals surface area contributed by atoms with Crippen LogP contribution in [0, 0.1) is 0 Å². The Morgan fingerprint density at radius 1 is 1.33 bits per heavy atom. The Morgan fingerprint density at radius 3 is 2.72 bits per heavy atom. The average molecular weight is 312 g/mol. The smallest absolute Gasteiger partial charge is 0.0731 e. The fraction of sp³-hybridized carbons (Fsp3) is 0.600. The molecular weight excluding hydrogens is 290 g/mol. The van der Waals surface area contributed by atoms with Gasteiger partial charge in [0.2, 0.25) is 0 Å². The lowest BCUT2D eigenvalue weighted by atomic mass is 9.96.